The van der Waals surface area contributed by atoms with Gasteiger partial charge in [-0.05, 0) is 0 Å². The van der Waals surface area contributed by atoms with Crippen LogP contribution in [0.25, 0.3) is 0 Å². The zero-order valence-electron chi connectivity index (χ0n) is 4.55. The predicted octanol–water partition coefficient (Wildman–Crippen LogP) is 1.73. The molecular weight excluding hydrogens is 172 g/mol. The number of hydrogen-bond acceptors (Lipinski definition) is 2. The van der Waals surface area contributed by atoms with Crippen molar-refractivity contribution in [3.63, 3.8) is 0 Å². The predicted molar refractivity (Wildman–Crippen MR) is 26.1 cm³/mol. The van der Waals surface area contributed by atoms with Crippen molar-refractivity contribution >= 4 is 8.25 Å². The van der Waals surface area contributed by atoms with Crippen LogP contribution in [0.5, 0.6) is 0 Å². The van der Waals surface area contributed by atoms with Gasteiger partial charge in [-0.1, -0.05) is 0 Å². The summed E-state index contributed by atoms with van der Waals surface area (Å²) in [6.07, 6.45) is -2.54. The summed E-state index contributed by atoms with van der Waals surface area (Å²) in [5.41, 5.74) is 0. The fourth-order valence-electron chi connectivity index (χ4n) is 0.166. The highest BCUT2D eigenvalue weighted by molar-refractivity contribution is 7.32. The van der Waals surface area contributed by atoms with E-state index in [1.807, 2.05) is 0 Å². The highest BCUT2D eigenvalue weighted by Gasteiger charge is 2.16. The molecule has 0 bridgehead atoms. The molecule has 0 aliphatic carbocycles. The van der Waals surface area contributed by atoms with E-state index in [0.29, 0.717) is 0 Å². The molecule has 0 fully saturated rings. The summed E-state index contributed by atoms with van der Waals surface area (Å²) in [4.78, 5) is 7.84. The summed E-state index contributed by atoms with van der Waals surface area (Å²) >= 11 is 0. The third kappa shape index (κ3) is 4.43. The van der Waals surface area contributed by atoms with Gasteiger partial charge in [-0.2, -0.15) is 8.78 Å². The Bertz CT molecular complexity index is 164. The van der Waals surface area contributed by atoms with Crippen molar-refractivity contribution in [2.45, 2.75) is 0 Å². The minimum absolute atomic E-state index is 1.17. The van der Waals surface area contributed by atoms with Crippen LogP contribution < -0.4 is 0 Å². The minimum atomic E-state index is -3.02. The quantitative estimate of drug-likeness (QED) is 0.664. The lowest BCUT2D eigenvalue weighted by Gasteiger charge is -1.84. The van der Waals surface area contributed by atoms with Gasteiger partial charge in [0, 0.05) is 4.57 Å². The van der Waals surface area contributed by atoms with Gasteiger partial charge in [0.1, 0.15) is 0 Å². The highest BCUT2D eigenvalue weighted by Crippen LogP contribution is 2.18. The van der Waals surface area contributed by atoms with Crippen LogP contribution in [0.1, 0.15) is 0 Å². The second-order valence-electron chi connectivity index (χ2n) is 1.18. The first-order chi connectivity index (χ1) is 4.54. The lowest BCUT2D eigenvalue weighted by Crippen LogP contribution is -1.87. The minimum Gasteiger partial charge on any atom is -0.203 e. The standard InChI is InChI=1S/C3H2F3O3P/c4-2(3(5)6)1-9-10(7)8/h1H2/p+1. The Hall–Kier alpha value is -0.450. The Labute approximate surface area is 55.1 Å². The Morgan fingerprint density at radius 2 is 2.00 bits per heavy atom. The molecule has 0 saturated carbocycles. The molecule has 0 saturated heterocycles. The van der Waals surface area contributed by atoms with Gasteiger partial charge >= 0.3 is 14.3 Å². The number of hydrogen-bond donors (Lipinski definition) is 1. The molecule has 0 aromatic carbocycles. The van der Waals surface area contributed by atoms with Gasteiger partial charge in [0.15, 0.2) is 12.4 Å². The van der Waals surface area contributed by atoms with Crippen LogP contribution in [0.3, 0.4) is 0 Å². The zero-order valence-corrected chi connectivity index (χ0v) is 5.45. The van der Waals surface area contributed by atoms with Crippen LogP contribution in [0.15, 0.2) is 11.9 Å². The second kappa shape index (κ2) is 4.38. The van der Waals surface area contributed by atoms with E-state index in [2.05, 4.69) is 4.52 Å². The van der Waals surface area contributed by atoms with Crippen molar-refractivity contribution in [3.05, 3.63) is 11.9 Å². The van der Waals surface area contributed by atoms with E-state index in [1.165, 1.54) is 0 Å². The van der Waals surface area contributed by atoms with E-state index >= 15 is 0 Å². The molecule has 0 aliphatic heterocycles. The molecule has 0 radical (unpaired) electrons. The summed E-state index contributed by atoms with van der Waals surface area (Å²) in [7, 11) is -3.02. The van der Waals surface area contributed by atoms with Crippen molar-refractivity contribution in [1.82, 2.24) is 0 Å². The first-order valence-electron chi connectivity index (χ1n) is 2.02. The Kier molecular flexibility index (Phi) is 4.18. The van der Waals surface area contributed by atoms with Gasteiger partial charge in [-0.15, -0.1) is 9.42 Å². The Morgan fingerprint density at radius 3 is 2.30 bits per heavy atom. The topological polar surface area (TPSA) is 46.5 Å². The first-order valence-corrected chi connectivity index (χ1v) is 3.15. The van der Waals surface area contributed by atoms with Crippen molar-refractivity contribution in [2.75, 3.05) is 6.61 Å². The van der Waals surface area contributed by atoms with Gasteiger partial charge in [-0.3, -0.25) is 0 Å². The van der Waals surface area contributed by atoms with Crippen LogP contribution in [0.4, 0.5) is 13.2 Å². The third-order valence-corrected chi connectivity index (χ3v) is 0.857. The van der Waals surface area contributed by atoms with E-state index in [4.69, 9.17) is 4.89 Å². The molecule has 1 N–H and O–H groups in total. The molecule has 10 heavy (non-hydrogen) atoms. The molecule has 1 atom stereocenters. The SMILES string of the molecule is O=[P+](O)OCC(F)=C(F)F. The van der Waals surface area contributed by atoms with Gasteiger partial charge < -0.3 is 0 Å². The maximum atomic E-state index is 11.7. The maximum absolute atomic E-state index is 11.7. The first kappa shape index (κ1) is 9.55. The van der Waals surface area contributed by atoms with Crippen molar-refractivity contribution in [1.29, 1.82) is 0 Å². The van der Waals surface area contributed by atoms with Crippen LogP contribution in [-0.4, -0.2) is 11.5 Å². The smallest absolute Gasteiger partial charge is 0.203 e. The van der Waals surface area contributed by atoms with Crippen molar-refractivity contribution in [3.8, 4) is 0 Å². The molecule has 3 nitrogen and oxygen atoms in total. The van der Waals surface area contributed by atoms with Gasteiger partial charge in [0.25, 0.3) is 0 Å². The van der Waals surface area contributed by atoms with Crippen LogP contribution in [0.2, 0.25) is 0 Å². The van der Waals surface area contributed by atoms with E-state index < -0.39 is 26.8 Å². The number of rotatable bonds is 3. The zero-order chi connectivity index (χ0) is 8.15. The third-order valence-electron chi connectivity index (χ3n) is 0.507. The summed E-state index contributed by atoms with van der Waals surface area (Å²) in [5.74, 6) is -1.84. The fraction of sp³-hybridized carbons (Fsp3) is 0.333. The van der Waals surface area contributed by atoms with Gasteiger partial charge in [0.05, 0.1) is 0 Å². The molecule has 1 unspecified atom stereocenters. The number of halogens is 3. The average Bonchev–Trinajstić information content (AvgIpc) is 1.82. The van der Waals surface area contributed by atoms with E-state index in [0.717, 1.165) is 0 Å². The fourth-order valence-corrected chi connectivity index (χ4v) is 0.390. The molecule has 0 heterocycles. The highest BCUT2D eigenvalue weighted by atomic mass is 31.1. The van der Waals surface area contributed by atoms with Crippen molar-refractivity contribution < 1.29 is 27.2 Å². The summed E-state index contributed by atoms with van der Waals surface area (Å²) < 4.78 is 47.1. The maximum Gasteiger partial charge on any atom is 0.695 e. The summed E-state index contributed by atoms with van der Waals surface area (Å²) in [5, 5.41) is 0. The van der Waals surface area contributed by atoms with Crippen LogP contribution in [-0.2, 0) is 9.09 Å². The molecule has 0 aliphatic rings. The molecular formula is C3H3F3O3P+. The second-order valence-corrected chi connectivity index (χ2v) is 1.91. The average molecular weight is 175 g/mol. The van der Waals surface area contributed by atoms with Gasteiger partial charge in [-0.25, -0.2) is 4.39 Å². The van der Waals surface area contributed by atoms with E-state index in [1.54, 1.807) is 0 Å². The lowest BCUT2D eigenvalue weighted by molar-refractivity contribution is 0.265. The molecule has 58 valence electrons. The molecule has 7 heteroatoms. The lowest BCUT2D eigenvalue weighted by atomic mass is 10.6. The van der Waals surface area contributed by atoms with Crippen LogP contribution >= 0.6 is 8.25 Å². The monoisotopic (exact) mass is 175 g/mol. The van der Waals surface area contributed by atoms with E-state index in [-0.39, 0.29) is 0 Å². The van der Waals surface area contributed by atoms with Crippen molar-refractivity contribution in [2.24, 2.45) is 0 Å². The molecule has 0 aromatic heterocycles. The van der Waals surface area contributed by atoms with Gasteiger partial charge in [0.2, 0.25) is 0 Å². The Morgan fingerprint density at radius 1 is 1.50 bits per heavy atom. The largest absolute Gasteiger partial charge is 0.695 e. The normalized spacial score (nSPS) is 11.0. The molecule has 0 aromatic rings. The summed E-state index contributed by atoms with van der Waals surface area (Å²) in [6.45, 7) is -1.17. The van der Waals surface area contributed by atoms with Crippen LogP contribution in [0, 0.1) is 0 Å². The molecule has 0 spiro atoms. The summed E-state index contributed by atoms with van der Waals surface area (Å²) in [6, 6.07) is 0. The molecule has 0 amide bonds. The van der Waals surface area contributed by atoms with E-state index in [9.17, 15) is 17.7 Å². The Balaban J connectivity index is 3.71. The molecule has 0 rings (SSSR count).